The van der Waals surface area contributed by atoms with E-state index in [-0.39, 0.29) is 11.4 Å². The zero-order chi connectivity index (χ0) is 19.2. The van der Waals surface area contributed by atoms with Gasteiger partial charge in [-0.1, -0.05) is 75.2 Å². The SMILES string of the molecule is CC.CC.Cc1ccc(C(F)(F)CF)cc1.Cc1ccc(F)cc1. The summed E-state index contributed by atoms with van der Waals surface area (Å²) in [5.74, 6) is -3.51. The molecule has 2 aromatic rings. The quantitative estimate of drug-likeness (QED) is 0.504. The van der Waals surface area contributed by atoms with Crippen molar-refractivity contribution in [3.63, 3.8) is 0 Å². The molecule has 2 aromatic carbocycles. The number of halogens is 4. The molecule has 0 aliphatic heterocycles. The van der Waals surface area contributed by atoms with Gasteiger partial charge in [-0.3, -0.25) is 0 Å². The molecular weight excluding hydrogens is 316 g/mol. The van der Waals surface area contributed by atoms with E-state index in [0.717, 1.165) is 11.1 Å². The van der Waals surface area contributed by atoms with Crippen LogP contribution in [-0.4, -0.2) is 6.67 Å². The van der Waals surface area contributed by atoms with Crippen LogP contribution in [-0.2, 0) is 5.92 Å². The zero-order valence-electron chi connectivity index (χ0n) is 15.3. The maximum Gasteiger partial charge on any atom is 0.301 e. The van der Waals surface area contributed by atoms with Crippen LogP contribution >= 0.6 is 0 Å². The van der Waals surface area contributed by atoms with Crippen LogP contribution in [0.4, 0.5) is 17.6 Å². The van der Waals surface area contributed by atoms with Gasteiger partial charge >= 0.3 is 5.92 Å². The van der Waals surface area contributed by atoms with Gasteiger partial charge in [0.25, 0.3) is 0 Å². The lowest BCUT2D eigenvalue weighted by molar-refractivity contribution is -0.0280. The van der Waals surface area contributed by atoms with Crippen molar-refractivity contribution in [1.29, 1.82) is 0 Å². The molecule has 0 nitrogen and oxygen atoms in total. The van der Waals surface area contributed by atoms with E-state index >= 15 is 0 Å². The Kier molecular flexibility index (Phi) is 13.8. The van der Waals surface area contributed by atoms with Gasteiger partial charge in [-0.05, 0) is 26.0 Å². The Hall–Kier alpha value is -1.84. The Morgan fingerprint density at radius 2 is 1.04 bits per heavy atom. The van der Waals surface area contributed by atoms with Crippen molar-refractivity contribution in [2.75, 3.05) is 6.67 Å². The second kappa shape index (κ2) is 13.6. The number of aryl methyl sites for hydroxylation is 2. The summed E-state index contributed by atoms with van der Waals surface area (Å²) in [6.07, 6.45) is 0. The van der Waals surface area contributed by atoms with Crippen LogP contribution in [0, 0.1) is 19.7 Å². The Morgan fingerprint density at radius 1 is 0.708 bits per heavy atom. The average Bonchev–Trinajstić information content (AvgIpc) is 2.62. The molecule has 0 atom stereocenters. The largest absolute Gasteiger partial charge is 0.301 e. The number of alkyl halides is 3. The van der Waals surface area contributed by atoms with Gasteiger partial charge in [0, 0.05) is 5.56 Å². The molecule has 0 spiro atoms. The van der Waals surface area contributed by atoms with Gasteiger partial charge in [0.15, 0.2) is 6.67 Å². The molecule has 0 aromatic heterocycles. The van der Waals surface area contributed by atoms with Gasteiger partial charge in [-0.15, -0.1) is 0 Å². The molecule has 0 saturated carbocycles. The lowest BCUT2D eigenvalue weighted by atomic mass is 10.1. The summed E-state index contributed by atoms with van der Waals surface area (Å²) in [5.41, 5.74) is 1.70. The minimum Gasteiger partial charge on any atom is -0.244 e. The van der Waals surface area contributed by atoms with E-state index in [1.807, 2.05) is 34.6 Å². The standard InChI is InChI=1S/C9H9F3.C7H7F.2C2H6/c1-7-2-4-8(5-3-7)9(11,12)6-10;1-6-2-4-7(8)5-3-6;2*1-2/h2-5H,6H2,1H3;2-5H,1H3;2*1-2H3. The van der Waals surface area contributed by atoms with E-state index in [9.17, 15) is 17.6 Å². The van der Waals surface area contributed by atoms with Crippen molar-refractivity contribution < 1.29 is 17.6 Å². The topological polar surface area (TPSA) is 0 Å². The van der Waals surface area contributed by atoms with Crippen molar-refractivity contribution in [2.45, 2.75) is 47.5 Å². The summed E-state index contributed by atoms with van der Waals surface area (Å²) in [5, 5.41) is 0. The number of rotatable bonds is 2. The Labute approximate surface area is 143 Å². The summed E-state index contributed by atoms with van der Waals surface area (Å²) in [6, 6.07) is 12.0. The van der Waals surface area contributed by atoms with Gasteiger partial charge in [0.2, 0.25) is 0 Å². The lowest BCUT2D eigenvalue weighted by Crippen LogP contribution is -2.15. The van der Waals surface area contributed by atoms with E-state index in [4.69, 9.17) is 0 Å². The van der Waals surface area contributed by atoms with Crippen molar-refractivity contribution in [3.8, 4) is 0 Å². The molecule has 24 heavy (non-hydrogen) atoms. The molecule has 0 aliphatic rings. The summed E-state index contributed by atoms with van der Waals surface area (Å²) < 4.78 is 49.2. The first kappa shape index (κ1) is 24.4. The summed E-state index contributed by atoms with van der Waals surface area (Å²) >= 11 is 0. The zero-order valence-corrected chi connectivity index (χ0v) is 15.3. The number of hydrogen-bond acceptors (Lipinski definition) is 0. The number of hydrogen-bond donors (Lipinski definition) is 0. The second-order valence-corrected chi connectivity index (χ2v) is 4.50. The van der Waals surface area contributed by atoms with Crippen LogP contribution in [0.25, 0.3) is 0 Å². The highest BCUT2D eigenvalue weighted by Crippen LogP contribution is 2.28. The summed E-state index contributed by atoms with van der Waals surface area (Å²) in [4.78, 5) is 0. The molecule has 0 fully saturated rings. The highest BCUT2D eigenvalue weighted by atomic mass is 19.3. The van der Waals surface area contributed by atoms with Crippen LogP contribution in [0.2, 0.25) is 0 Å². The van der Waals surface area contributed by atoms with Crippen molar-refractivity contribution >= 4 is 0 Å². The monoisotopic (exact) mass is 344 g/mol. The fourth-order valence-corrected chi connectivity index (χ4v) is 1.41. The highest BCUT2D eigenvalue weighted by Gasteiger charge is 2.30. The predicted molar refractivity (Wildman–Crippen MR) is 94.9 cm³/mol. The minimum atomic E-state index is -3.34. The molecule has 0 bridgehead atoms. The van der Waals surface area contributed by atoms with Crippen molar-refractivity contribution in [3.05, 3.63) is 71.0 Å². The van der Waals surface area contributed by atoms with Crippen LogP contribution in [0.1, 0.15) is 44.4 Å². The van der Waals surface area contributed by atoms with E-state index in [1.165, 1.54) is 24.3 Å². The maximum atomic E-state index is 12.6. The molecule has 136 valence electrons. The van der Waals surface area contributed by atoms with Crippen LogP contribution in [0.5, 0.6) is 0 Å². The molecule has 0 aliphatic carbocycles. The molecule has 0 unspecified atom stereocenters. The van der Waals surface area contributed by atoms with Crippen molar-refractivity contribution in [2.24, 2.45) is 0 Å². The van der Waals surface area contributed by atoms with Gasteiger partial charge in [0.05, 0.1) is 0 Å². The number of benzene rings is 2. The smallest absolute Gasteiger partial charge is 0.244 e. The fraction of sp³-hybridized carbons (Fsp3) is 0.400. The highest BCUT2D eigenvalue weighted by molar-refractivity contribution is 5.24. The van der Waals surface area contributed by atoms with Crippen molar-refractivity contribution in [1.82, 2.24) is 0 Å². The van der Waals surface area contributed by atoms with E-state index < -0.39 is 12.6 Å². The van der Waals surface area contributed by atoms with Gasteiger partial charge < -0.3 is 0 Å². The molecule has 0 N–H and O–H groups in total. The Bertz CT molecular complexity index is 495. The van der Waals surface area contributed by atoms with E-state index in [0.29, 0.717) is 0 Å². The van der Waals surface area contributed by atoms with Crippen LogP contribution < -0.4 is 0 Å². The average molecular weight is 344 g/mol. The molecule has 2 rings (SSSR count). The summed E-state index contributed by atoms with van der Waals surface area (Å²) in [7, 11) is 0. The third-order valence-electron chi connectivity index (χ3n) is 2.65. The summed E-state index contributed by atoms with van der Waals surface area (Å²) in [6.45, 7) is 10.1. The first-order valence-corrected chi connectivity index (χ1v) is 8.08. The van der Waals surface area contributed by atoms with E-state index in [2.05, 4.69) is 0 Å². The van der Waals surface area contributed by atoms with Gasteiger partial charge in [-0.25, -0.2) is 8.78 Å². The molecule has 0 radical (unpaired) electrons. The Morgan fingerprint density at radius 3 is 1.33 bits per heavy atom. The molecule has 4 heteroatoms. The lowest BCUT2D eigenvalue weighted by Gasteiger charge is -2.11. The third-order valence-corrected chi connectivity index (χ3v) is 2.65. The first-order valence-electron chi connectivity index (χ1n) is 8.08. The normalized spacial score (nSPS) is 9.42. The van der Waals surface area contributed by atoms with Gasteiger partial charge in [0.1, 0.15) is 5.82 Å². The van der Waals surface area contributed by atoms with E-state index in [1.54, 1.807) is 31.2 Å². The molecular formula is C20H28F4. The molecule has 0 saturated heterocycles. The van der Waals surface area contributed by atoms with Crippen LogP contribution in [0.3, 0.4) is 0 Å². The maximum absolute atomic E-state index is 12.6. The predicted octanol–water partition coefficient (Wildman–Crippen LogP) is 7.24. The minimum absolute atomic E-state index is 0.171. The van der Waals surface area contributed by atoms with Crippen LogP contribution in [0.15, 0.2) is 48.5 Å². The molecule has 0 heterocycles. The van der Waals surface area contributed by atoms with Gasteiger partial charge in [-0.2, -0.15) is 8.78 Å². The first-order chi connectivity index (χ1) is 11.3. The third kappa shape index (κ3) is 10.0. The molecule has 0 amide bonds. The Balaban J connectivity index is 0. The fourth-order valence-electron chi connectivity index (χ4n) is 1.41. The second-order valence-electron chi connectivity index (χ2n) is 4.50.